The zero-order valence-electron chi connectivity index (χ0n) is 16.9. The van der Waals surface area contributed by atoms with Gasteiger partial charge >= 0.3 is 6.03 Å². The van der Waals surface area contributed by atoms with Crippen molar-refractivity contribution in [3.05, 3.63) is 48.0 Å². The molecule has 0 bridgehead atoms. The number of urea groups is 1. The molecule has 29 heavy (non-hydrogen) atoms. The number of nitrogens with zero attached hydrogens (tertiary/aromatic N) is 1. The molecule has 0 atom stereocenters. The van der Waals surface area contributed by atoms with Crippen LogP contribution in [0.5, 0.6) is 11.5 Å². The number of hydrogen-bond acceptors (Lipinski definition) is 4. The first-order valence-electron chi connectivity index (χ1n) is 9.80. The molecule has 1 aliphatic rings. The zero-order valence-corrected chi connectivity index (χ0v) is 16.9. The van der Waals surface area contributed by atoms with E-state index in [-0.39, 0.29) is 11.9 Å². The Bertz CT molecular complexity index is 844. The topological polar surface area (TPSA) is 79.9 Å². The average molecular weight is 397 g/mol. The van der Waals surface area contributed by atoms with E-state index in [1.54, 1.807) is 42.5 Å². The smallest absolute Gasteiger partial charge is 0.321 e. The van der Waals surface area contributed by atoms with Gasteiger partial charge in [0.2, 0.25) is 0 Å². The third-order valence-electron chi connectivity index (χ3n) is 4.93. The lowest BCUT2D eigenvalue weighted by Crippen LogP contribution is -2.35. The molecular weight excluding hydrogens is 370 g/mol. The van der Waals surface area contributed by atoms with Crippen molar-refractivity contribution in [2.24, 2.45) is 0 Å². The quantitative estimate of drug-likeness (QED) is 0.785. The molecule has 0 aromatic heterocycles. The van der Waals surface area contributed by atoms with Crippen LogP contribution < -0.4 is 20.1 Å². The first-order valence-corrected chi connectivity index (χ1v) is 9.80. The molecule has 0 saturated carbocycles. The first-order chi connectivity index (χ1) is 14.1. The van der Waals surface area contributed by atoms with Crippen molar-refractivity contribution in [2.45, 2.75) is 25.7 Å². The summed E-state index contributed by atoms with van der Waals surface area (Å²) in [5.74, 6) is 0.572. The first kappa shape index (κ1) is 20.5. The Kier molecular flexibility index (Phi) is 6.94. The van der Waals surface area contributed by atoms with Crippen LogP contribution in [0.1, 0.15) is 36.0 Å². The molecular formula is C22H27N3O4. The van der Waals surface area contributed by atoms with Crippen molar-refractivity contribution >= 4 is 23.3 Å². The maximum Gasteiger partial charge on any atom is 0.321 e. The fourth-order valence-corrected chi connectivity index (χ4v) is 3.38. The second-order valence-electron chi connectivity index (χ2n) is 6.90. The zero-order chi connectivity index (χ0) is 20.6. The number of likely N-dealkylation sites (tertiary alicyclic amines) is 1. The highest BCUT2D eigenvalue weighted by atomic mass is 16.5. The Hall–Kier alpha value is -3.22. The molecule has 1 fully saturated rings. The summed E-state index contributed by atoms with van der Waals surface area (Å²) in [5.41, 5.74) is 1.69. The minimum absolute atomic E-state index is 0.0789. The number of anilines is 2. The van der Waals surface area contributed by atoms with Crippen molar-refractivity contribution < 1.29 is 19.1 Å². The number of benzene rings is 2. The second kappa shape index (κ2) is 9.82. The molecule has 2 N–H and O–H groups in total. The summed E-state index contributed by atoms with van der Waals surface area (Å²) in [5, 5.41) is 5.76. The third-order valence-corrected chi connectivity index (χ3v) is 4.93. The maximum atomic E-state index is 12.6. The van der Waals surface area contributed by atoms with E-state index >= 15 is 0 Å². The molecule has 0 radical (unpaired) electrons. The summed E-state index contributed by atoms with van der Waals surface area (Å²) >= 11 is 0. The summed E-state index contributed by atoms with van der Waals surface area (Å²) in [7, 11) is 3.02. The number of nitrogens with one attached hydrogen (secondary N) is 2. The summed E-state index contributed by atoms with van der Waals surface area (Å²) in [6.07, 6.45) is 4.45. The number of rotatable bonds is 5. The number of para-hydroxylation sites is 1. The van der Waals surface area contributed by atoms with Gasteiger partial charge in [-0.05, 0) is 49.2 Å². The minimum atomic E-state index is -0.304. The molecule has 154 valence electrons. The van der Waals surface area contributed by atoms with Gasteiger partial charge in [0.05, 0.1) is 19.8 Å². The van der Waals surface area contributed by atoms with Gasteiger partial charge in [-0.25, -0.2) is 4.79 Å². The van der Waals surface area contributed by atoms with E-state index in [4.69, 9.17) is 9.47 Å². The van der Waals surface area contributed by atoms with Crippen LogP contribution in [0, 0.1) is 0 Å². The van der Waals surface area contributed by atoms with Gasteiger partial charge in [-0.15, -0.1) is 0 Å². The van der Waals surface area contributed by atoms with E-state index in [1.165, 1.54) is 27.1 Å². The summed E-state index contributed by atoms with van der Waals surface area (Å²) in [6, 6.07) is 12.1. The van der Waals surface area contributed by atoms with Crippen LogP contribution in [0.25, 0.3) is 0 Å². The molecule has 1 heterocycles. The van der Waals surface area contributed by atoms with Crippen LogP contribution in [0.15, 0.2) is 42.5 Å². The van der Waals surface area contributed by atoms with Crippen molar-refractivity contribution in [1.82, 2.24) is 4.90 Å². The molecule has 7 nitrogen and oxygen atoms in total. The lowest BCUT2D eigenvalue weighted by atomic mass is 10.1. The number of ether oxygens (including phenoxy) is 2. The Morgan fingerprint density at radius 3 is 2.03 bits per heavy atom. The highest BCUT2D eigenvalue weighted by Gasteiger charge is 2.17. The summed E-state index contributed by atoms with van der Waals surface area (Å²) in [6.45, 7) is 1.59. The fourth-order valence-electron chi connectivity index (χ4n) is 3.38. The van der Waals surface area contributed by atoms with E-state index in [1.807, 2.05) is 4.90 Å². The number of amides is 3. The average Bonchev–Trinajstić information content (AvgIpc) is 3.04. The molecule has 1 saturated heterocycles. The highest BCUT2D eigenvalue weighted by Crippen LogP contribution is 2.31. The summed E-state index contributed by atoms with van der Waals surface area (Å²) in [4.78, 5) is 26.9. The fraction of sp³-hybridized carbons (Fsp3) is 0.364. The third kappa shape index (κ3) is 5.19. The predicted octanol–water partition coefficient (Wildman–Crippen LogP) is 4.36. The van der Waals surface area contributed by atoms with Gasteiger partial charge in [0.15, 0.2) is 11.5 Å². The predicted molar refractivity (Wildman–Crippen MR) is 113 cm³/mol. The number of carbonyl (C=O) groups is 2. The molecule has 2 aromatic rings. The van der Waals surface area contributed by atoms with Crippen molar-refractivity contribution in [2.75, 3.05) is 37.9 Å². The lowest BCUT2D eigenvalue weighted by Gasteiger charge is -2.20. The number of carbonyl (C=O) groups excluding carboxylic acids is 2. The Morgan fingerprint density at radius 2 is 1.45 bits per heavy atom. The van der Waals surface area contributed by atoms with Crippen LogP contribution >= 0.6 is 0 Å². The Balaban J connectivity index is 1.63. The highest BCUT2D eigenvalue weighted by molar-refractivity contribution is 6.06. The molecule has 0 unspecified atom stereocenters. The van der Waals surface area contributed by atoms with E-state index in [2.05, 4.69) is 10.6 Å². The van der Waals surface area contributed by atoms with Crippen LogP contribution in [0.4, 0.5) is 16.2 Å². The van der Waals surface area contributed by atoms with Gasteiger partial charge in [0, 0.05) is 24.5 Å². The van der Waals surface area contributed by atoms with E-state index in [0.717, 1.165) is 25.9 Å². The number of methoxy groups -OCH3 is 2. The normalized spacial score (nSPS) is 13.9. The number of hydrogen-bond donors (Lipinski definition) is 2. The van der Waals surface area contributed by atoms with Crippen LogP contribution in [-0.4, -0.2) is 44.1 Å². The van der Waals surface area contributed by atoms with Gasteiger partial charge in [-0.1, -0.05) is 18.9 Å². The van der Waals surface area contributed by atoms with E-state index in [0.29, 0.717) is 28.4 Å². The van der Waals surface area contributed by atoms with Crippen molar-refractivity contribution in [1.29, 1.82) is 0 Å². The standard InChI is InChI=1S/C22H27N3O4/c1-28-19-9-7-8-18(20(19)29-2)21(26)23-16-10-12-17(13-11-16)24-22(27)25-14-5-3-4-6-15-25/h7-13H,3-6,14-15H2,1-2H3,(H,23,26)(H,24,27). The molecule has 0 spiro atoms. The summed E-state index contributed by atoms with van der Waals surface area (Å²) < 4.78 is 10.6. The van der Waals surface area contributed by atoms with E-state index in [9.17, 15) is 9.59 Å². The Morgan fingerprint density at radius 1 is 0.828 bits per heavy atom. The van der Waals surface area contributed by atoms with Crippen LogP contribution in [-0.2, 0) is 0 Å². The Labute approximate surface area is 171 Å². The minimum Gasteiger partial charge on any atom is -0.493 e. The molecule has 1 aliphatic heterocycles. The van der Waals surface area contributed by atoms with Crippen LogP contribution in [0.3, 0.4) is 0 Å². The van der Waals surface area contributed by atoms with Gasteiger partial charge in [-0.2, -0.15) is 0 Å². The van der Waals surface area contributed by atoms with Gasteiger partial charge in [-0.3, -0.25) is 4.79 Å². The maximum absolute atomic E-state index is 12.6. The molecule has 0 aliphatic carbocycles. The van der Waals surface area contributed by atoms with E-state index < -0.39 is 0 Å². The van der Waals surface area contributed by atoms with Gasteiger partial charge < -0.3 is 25.0 Å². The van der Waals surface area contributed by atoms with Gasteiger partial charge in [0.25, 0.3) is 5.91 Å². The van der Waals surface area contributed by atoms with Crippen molar-refractivity contribution in [3.63, 3.8) is 0 Å². The second-order valence-corrected chi connectivity index (χ2v) is 6.90. The molecule has 2 aromatic carbocycles. The molecule has 7 heteroatoms. The molecule has 3 rings (SSSR count). The molecule has 3 amide bonds. The SMILES string of the molecule is COc1cccc(C(=O)Nc2ccc(NC(=O)N3CCCCCC3)cc2)c1OC. The van der Waals surface area contributed by atoms with Crippen molar-refractivity contribution in [3.8, 4) is 11.5 Å². The van der Waals surface area contributed by atoms with Gasteiger partial charge in [0.1, 0.15) is 0 Å². The van der Waals surface area contributed by atoms with Crippen LogP contribution in [0.2, 0.25) is 0 Å². The lowest BCUT2D eigenvalue weighted by molar-refractivity contribution is 0.102. The largest absolute Gasteiger partial charge is 0.493 e. The monoisotopic (exact) mass is 397 g/mol.